The number of hydrogen-bond acceptors (Lipinski definition) is 0. The minimum atomic E-state index is 1.10. The Morgan fingerprint density at radius 3 is 0.784 bits per heavy atom. The van der Waals surface area contributed by atoms with Crippen LogP contribution in [0.3, 0.4) is 0 Å². The summed E-state index contributed by atoms with van der Waals surface area (Å²) < 4.78 is 0. The predicted molar refractivity (Wildman–Crippen MR) is 479 cm³/mol. The second kappa shape index (κ2) is 40.7. The van der Waals surface area contributed by atoms with Gasteiger partial charge in [0.1, 0.15) is 0 Å². The van der Waals surface area contributed by atoms with Crippen molar-refractivity contribution in [1.29, 1.82) is 0 Å². The van der Waals surface area contributed by atoms with Crippen molar-refractivity contribution in [1.82, 2.24) is 0 Å². The number of aryl methyl sites for hydroxylation is 8. The molecule has 0 bridgehead atoms. The highest BCUT2D eigenvalue weighted by molar-refractivity contribution is 5.98. The molecule has 111 heavy (non-hydrogen) atoms. The van der Waals surface area contributed by atoms with Crippen molar-refractivity contribution >= 4 is 50.5 Å². The number of hydrogen-bond donors (Lipinski definition) is 0. The van der Waals surface area contributed by atoms with Gasteiger partial charge in [-0.2, -0.15) is 0 Å². The lowest BCUT2D eigenvalue weighted by Crippen LogP contribution is -2.06. The number of allylic oxidation sites excluding steroid dienone is 3. The Morgan fingerprint density at radius 1 is 0.153 bits per heavy atom. The van der Waals surface area contributed by atoms with E-state index in [4.69, 9.17) is 0 Å². The van der Waals surface area contributed by atoms with Crippen molar-refractivity contribution in [3.63, 3.8) is 0 Å². The van der Waals surface area contributed by atoms with Crippen LogP contribution in [0.15, 0.2) is 370 Å². The summed E-state index contributed by atoms with van der Waals surface area (Å²) in [4.78, 5) is 0. The predicted octanol–water partition coefficient (Wildman–Crippen LogP) is 28.9. The Hall–Kier alpha value is -11.7. The van der Waals surface area contributed by atoms with E-state index in [2.05, 4.69) is 388 Å². The van der Waals surface area contributed by atoms with Crippen molar-refractivity contribution in [2.45, 2.75) is 135 Å². The molecule has 550 valence electrons. The molecule has 0 spiro atoms. The summed E-state index contributed by atoms with van der Waals surface area (Å²) in [6.07, 6.45) is 40.1. The lowest BCUT2D eigenvalue weighted by atomic mass is 9.86. The van der Waals surface area contributed by atoms with Gasteiger partial charge >= 0.3 is 0 Å². The molecule has 0 fully saturated rings. The van der Waals surface area contributed by atoms with E-state index in [1.54, 1.807) is 33.4 Å². The van der Waals surface area contributed by atoms with E-state index in [0.717, 1.165) is 25.7 Å². The number of rotatable bonds is 0. The van der Waals surface area contributed by atoms with Gasteiger partial charge in [0.05, 0.1) is 0 Å². The maximum Gasteiger partial charge on any atom is -0.00135 e. The number of fused-ring (bicyclic) bond motifs is 14. The summed E-state index contributed by atoms with van der Waals surface area (Å²) in [5.41, 5.74) is 29.8. The molecule has 0 heteroatoms. The fourth-order valence-corrected chi connectivity index (χ4v) is 16.5. The molecule has 0 heterocycles. The van der Waals surface area contributed by atoms with Gasteiger partial charge in [-0.15, -0.1) is 0 Å². The average molecular weight is 1440 g/mol. The van der Waals surface area contributed by atoms with Crippen LogP contribution < -0.4 is 0 Å². The Bertz CT molecular complexity index is 5170. The zero-order chi connectivity index (χ0) is 75.1. The van der Waals surface area contributed by atoms with E-state index in [-0.39, 0.29) is 0 Å². The van der Waals surface area contributed by atoms with E-state index >= 15 is 0 Å². The first-order chi connectivity index (χ1) is 55.1. The SMILES string of the molecule is C1=Cc2ccccc2C1.C1=Cc2ccccc2CC1.C1=Cc2ccccc2CCC1.c1ccc2c(c1)CCC2.c1ccc2c(c1)CCCC2.c1ccc2c(c1)CCCCC2.c1ccc2c(c1)Cc1ccccc1-2.c1ccc2c(c1)Cc1ccccc1C2.c1ccc2cc3ccccc3cc2c1.c1ccc2ccccc2c1. The van der Waals surface area contributed by atoms with Gasteiger partial charge in [0.25, 0.3) is 0 Å². The zero-order valence-corrected chi connectivity index (χ0v) is 64.8. The number of benzene rings is 15. The van der Waals surface area contributed by atoms with Crippen LogP contribution in [0.4, 0.5) is 0 Å². The molecule has 0 amide bonds. The highest BCUT2D eigenvalue weighted by Gasteiger charge is 2.17. The molecule has 0 saturated carbocycles. The van der Waals surface area contributed by atoms with Gasteiger partial charge in [0.15, 0.2) is 0 Å². The van der Waals surface area contributed by atoms with Crippen molar-refractivity contribution in [2.24, 2.45) is 0 Å². The zero-order valence-electron chi connectivity index (χ0n) is 64.8. The third-order valence-electron chi connectivity index (χ3n) is 22.6. The third kappa shape index (κ3) is 21.8. The van der Waals surface area contributed by atoms with Crippen molar-refractivity contribution in [3.05, 3.63) is 470 Å². The van der Waals surface area contributed by atoms with E-state index < -0.39 is 0 Å². The summed E-state index contributed by atoms with van der Waals surface area (Å²) in [6.45, 7) is 0. The molecule has 0 unspecified atom stereocenters. The van der Waals surface area contributed by atoms with Crippen LogP contribution in [0.2, 0.25) is 0 Å². The smallest absolute Gasteiger partial charge is 0.00135 e. The first kappa shape index (κ1) is 76.1. The second-order valence-electron chi connectivity index (χ2n) is 30.1. The maximum absolute atomic E-state index is 2.28. The molecular weight excluding hydrogens is 1330 g/mol. The van der Waals surface area contributed by atoms with E-state index in [1.165, 1.54) is 219 Å². The highest BCUT2D eigenvalue weighted by atomic mass is 14.2. The van der Waals surface area contributed by atoms with Crippen molar-refractivity contribution in [3.8, 4) is 11.1 Å². The van der Waals surface area contributed by atoms with Gasteiger partial charge in [-0.25, -0.2) is 0 Å². The second-order valence-corrected chi connectivity index (χ2v) is 30.1. The van der Waals surface area contributed by atoms with E-state index in [1.807, 2.05) is 0 Å². The topological polar surface area (TPSA) is 0 Å². The maximum atomic E-state index is 2.28. The van der Waals surface area contributed by atoms with Crippen LogP contribution in [0, 0.1) is 0 Å². The normalized spacial score (nSPS) is 13.8. The summed E-state index contributed by atoms with van der Waals surface area (Å²) in [5, 5.41) is 7.87. The van der Waals surface area contributed by atoms with Crippen LogP contribution in [-0.2, 0) is 77.0 Å². The monoisotopic (exact) mass is 1440 g/mol. The molecule has 0 saturated heterocycles. The quantitative estimate of drug-likeness (QED) is 0.105. The van der Waals surface area contributed by atoms with Crippen LogP contribution in [-0.4, -0.2) is 0 Å². The molecular formula is C111H106. The van der Waals surface area contributed by atoms with Gasteiger partial charge < -0.3 is 0 Å². The molecule has 23 rings (SSSR count). The van der Waals surface area contributed by atoms with Crippen molar-refractivity contribution in [2.75, 3.05) is 0 Å². The first-order valence-corrected chi connectivity index (χ1v) is 41.1. The summed E-state index contributed by atoms with van der Waals surface area (Å²) in [6, 6.07) is 125. The van der Waals surface area contributed by atoms with Gasteiger partial charge in [-0.1, -0.05) is 383 Å². The third-order valence-corrected chi connectivity index (χ3v) is 22.6. The van der Waals surface area contributed by atoms with Gasteiger partial charge in [0.2, 0.25) is 0 Å². The van der Waals surface area contributed by atoms with Crippen LogP contribution in [0.1, 0.15) is 158 Å². The summed E-state index contributed by atoms with van der Waals surface area (Å²) in [7, 11) is 0. The van der Waals surface area contributed by atoms with Crippen molar-refractivity contribution < 1.29 is 0 Å². The van der Waals surface area contributed by atoms with Gasteiger partial charge in [0, 0.05) is 0 Å². The summed E-state index contributed by atoms with van der Waals surface area (Å²) >= 11 is 0. The van der Waals surface area contributed by atoms with Gasteiger partial charge in [-0.3, -0.25) is 0 Å². The summed E-state index contributed by atoms with van der Waals surface area (Å²) in [5.74, 6) is 0. The largest absolute Gasteiger partial charge is 0.0839 e. The highest BCUT2D eigenvalue weighted by Crippen LogP contribution is 2.36. The molecule has 8 aliphatic rings. The van der Waals surface area contributed by atoms with Crippen LogP contribution in [0.5, 0.6) is 0 Å². The molecule has 0 nitrogen and oxygen atoms in total. The fourth-order valence-electron chi connectivity index (χ4n) is 16.5. The molecule has 15 aromatic rings. The van der Waals surface area contributed by atoms with Crippen LogP contribution >= 0.6 is 0 Å². The van der Waals surface area contributed by atoms with E-state index in [0.29, 0.717) is 0 Å². The fraction of sp³-hybridized carbons (Fsp3) is 0.189. The Kier molecular flexibility index (Phi) is 27.9. The van der Waals surface area contributed by atoms with E-state index in [9.17, 15) is 0 Å². The first-order valence-electron chi connectivity index (χ1n) is 41.1. The molecule has 8 aliphatic carbocycles. The molecule has 0 atom stereocenters. The molecule has 0 radical (unpaired) electrons. The molecule has 0 aliphatic heterocycles. The molecule has 0 N–H and O–H groups in total. The minimum Gasteiger partial charge on any atom is -0.0839 e. The van der Waals surface area contributed by atoms with Crippen LogP contribution in [0.25, 0.3) is 61.7 Å². The lowest BCUT2D eigenvalue weighted by Gasteiger charge is -2.18. The Balaban J connectivity index is 0.000000103. The average Bonchev–Trinajstić information content (AvgIpc) is 1.60. The lowest BCUT2D eigenvalue weighted by molar-refractivity contribution is 0.685. The standard InChI is InChI=1S/C14H12.C14H10.C13H10.C11H14.C11H12.C10H12.C10H10.C10H8.C9H10.C9H8/c2*1-2-6-12-10-14-8-4-3-7-13(14)9-11(12)5-1;1-3-7-12-10(5-1)9-11-6-2-4-8-13(11)12;2*1-2-6-10-8-4-5-9-11(10)7-3-1;3*1-2-6-10-8-4-3-7-9(10)5-1;2*1-2-5-9-7-3-6-8(9)4-1/h1-8H,9-10H2;1-10H;1-8H,9H2;4-5,8-9H,1-3,6-7H2;2,4-6,8-9H,1,3,7H2;1-2,5-6H,3-4,7-8H2;1-3,5-7H,4,8H2;1-8H;1-2,4-5H,3,6-7H2;1-6H,7H2. The van der Waals surface area contributed by atoms with Gasteiger partial charge in [-0.05, 0) is 284 Å². The Morgan fingerprint density at radius 2 is 0.405 bits per heavy atom. The minimum absolute atomic E-state index is 1.10. The Labute approximate surface area is 662 Å². The molecule has 15 aromatic carbocycles. The molecule has 0 aromatic heterocycles.